The molecular weight excluding hydrogens is 855 g/mol. The molecule has 2 fully saturated rings. The Morgan fingerprint density at radius 3 is 2.41 bits per heavy atom. The van der Waals surface area contributed by atoms with Gasteiger partial charge in [-0.1, -0.05) is 48.5 Å². The Balaban J connectivity index is 1.00. The first kappa shape index (κ1) is 41.7. The molecule has 1 atom stereocenters. The Labute approximate surface area is 363 Å². The normalized spacial score (nSPS) is 16.0. The van der Waals surface area contributed by atoms with Gasteiger partial charge in [0, 0.05) is 92.5 Å². The van der Waals surface area contributed by atoms with E-state index in [-0.39, 0.29) is 11.8 Å². The van der Waals surface area contributed by atoms with E-state index in [1.807, 2.05) is 80.1 Å². The minimum Gasteiger partial charge on any atom is -0.494 e. The number of piperazine rings is 1. The number of nitrogens with one attached hydrogen (secondary N) is 4. The number of aromatic nitrogens is 4. The van der Waals surface area contributed by atoms with Gasteiger partial charge in [0.25, 0.3) is 0 Å². The fraction of sp³-hybridized carbons (Fsp3) is 0.267. The molecule has 6 aromatic rings. The predicted octanol–water partition coefficient (Wildman–Crippen LogP) is 7.59. The van der Waals surface area contributed by atoms with Gasteiger partial charge in [-0.3, -0.25) is 24.5 Å². The van der Waals surface area contributed by atoms with Crippen LogP contribution in [0.3, 0.4) is 0 Å². The Bertz CT molecular complexity index is 2630. The summed E-state index contributed by atoms with van der Waals surface area (Å²) >= 11 is 3.62. The van der Waals surface area contributed by atoms with Crippen LogP contribution in [0.15, 0.2) is 108 Å². The molecule has 4 N–H and O–H groups in total. The number of hydrogen-bond donors (Lipinski definition) is 4. The van der Waals surface area contributed by atoms with Crippen LogP contribution >= 0.6 is 23.1 Å². The van der Waals surface area contributed by atoms with Gasteiger partial charge < -0.3 is 30.2 Å². The van der Waals surface area contributed by atoms with Crippen LogP contribution < -0.4 is 36.2 Å². The zero-order chi connectivity index (χ0) is 42.7. The number of methoxy groups -OCH3 is 1. The van der Waals surface area contributed by atoms with Gasteiger partial charge in [0.05, 0.1) is 29.2 Å². The lowest BCUT2D eigenvalue weighted by Crippen LogP contribution is -2.47. The molecule has 8 rings (SSSR count). The molecule has 2 aromatic heterocycles. The fourth-order valence-electron chi connectivity index (χ4n) is 7.74. The summed E-state index contributed by atoms with van der Waals surface area (Å²) in [5.41, 5.74) is 8.40. The van der Waals surface area contributed by atoms with Gasteiger partial charge in [-0.05, 0) is 82.7 Å². The molecule has 16 heteroatoms. The molecule has 14 nitrogen and oxygen atoms in total. The number of aryl methyl sites for hydroxylation is 1. The van der Waals surface area contributed by atoms with Gasteiger partial charge in [0.15, 0.2) is 0 Å². The van der Waals surface area contributed by atoms with E-state index in [0.717, 1.165) is 77.2 Å². The third kappa shape index (κ3) is 9.80. The SMILES string of the molecule is COc1cc(N2CCN(Cc3cccc(NC4CCC(=O)NC4=O)c3)CC2)c(-c2cnn(C)c2)cc1Nc1ncc(Br)c(Nc2ccc(-c3ccccc3)cc2P(C)(C)=O)n1. The molecule has 0 bridgehead atoms. The topological polar surface area (TPSA) is 159 Å². The average molecular weight is 904 g/mol. The highest BCUT2D eigenvalue weighted by atomic mass is 79.9. The van der Waals surface area contributed by atoms with Crippen LogP contribution in [0.4, 0.5) is 34.5 Å². The number of benzene rings is 4. The molecule has 4 aromatic carbocycles. The summed E-state index contributed by atoms with van der Waals surface area (Å²) in [6.45, 7) is 7.56. The molecule has 1 unspecified atom stereocenters. The highest BCUT2D eigenvalue weighted by Gasteiger charge is 2.27. The number of anilines is 6. The Morgan fingerprint density at radius 2 is 1.69 bits per heavy atom. The molecular formula is C45H48BrN10O4P. The van der Waals surface area contributed by atoms with Crippen molar-refractivity contribution in [3.05, 3.63) is 114 Å². The summed E-state index contributed by atoms with van der Waals surface area (Å²) in [7, 11) is 0.854. The quantitative estimate of drug-likeness (QED) is 0.0666. The number of carbonyl (C=O) groups is 2. The summed E-state index contributed by atoms with van der Waals surface area (Å²) < 4.78 is 22.0. The first-order valence-corrected chi connectivity index (χ1v) is 23.5. The third-order valence-electron chi connectivity index (χ3n) is 10.9. The van der Waals surface area contributed by atoms with E-state index >= 15 is 0 Å². The van der Waals surface area contributed by atoms with E-state index in [4.69, 9.17) is 9.72 Å². The first-order valence-electron chi connectivity index (χ1n) is 20.1. The molecule has 2 aliphatic rings. The molecule has 0 aliphatic carbocycles. The van der Waals surface area contributed by atoms with E-state index in [1.165, 1.54) is 0 Å². The van der Waals surface area contributed by atoms with Crippen LogP contribution in [-0.4, -0.2) is 89.1 Å². The van der Waals surface area contributed by atoms with Crippen molar-refractivity contribution >= 4 is 74.7 Å². The number of amides is 2. The largest absolute Gasteiger partial charge is 0.494 e. The minimum absolute atomic E-state index is 0.225. The lowest BCUT2D eigenvalue weighted by atomic mass is 10.0. The number of carbonyl (C=O) groups excluding carboxylic acids is 2. The third-order valence-corrected chi connectivity index (χ3v) is 13.0. The van der Waals surface area contributed by atoms with E-state index in [2.05, 4.69) is 81.3 Å². The Hall–Kier alpha value is -6.02. The zero-order valence-electron chi connectivity index (χ0n) is 34.5. The maximum atomic E-state index is 13.6. The summed E-state index contributed by atoms with van der Waals surface area (Å²) in [5, 5.41) is 17.8. The molecule has 2 aliphatic heterocycles. The minimum atomic E-state index is -2.70. The molecule has 2 saturated heterocycles. The molecule has 0 spiro atoms. The van der Waals surface area contributed by atoms with E-state index in [1.54, 1.807) is 31.3 Å². The lowest BCUT2D eigenvalue weighted by Gasteiger charge is -2.37. The number of hydrogen-bond acceptors (Lipinski definition) is 12. The van der Waals surface area contributed by atoms with Gasteiger partial charge >= 0.3 is 0 Å². The van der Waals surface area contributed by atoms with Crippen molar-refractivity contribution in [1.82, 2.24) is 30.0 Å². The molecule has 61 heavy (non-hydrogen) atoms. The van der Waals surface area contributed by atoms with Crippen LogP contribution in [0.2, 0.25) is 0 Å². The summed E-state index contributed by atoms with van der Waals surface area (Å²) in [6.07, 6.45) is 6.35. The second-order valence-corrected chi connectivity index (χ2v) is 19.7. The number of ether oxygens (including phenoxy) is 1. The summed E-state index contributed by atoms with van der Waals surface area (Å²) in [5.74, 6) is 0.977. The zero-order valence-corrected chi connectivity index (χ0v) is 37.0. The number of halogens is 1. The van der Waals surface area contributed by atoms with Crippen molar-refractivity contribution < 1.29 is 18.9 Å². The van der Waals surface area contributed by atoms with E-state index in [9.17, 15) is 14.2 Å². The summed E-state index contributed by atoms with van der Waals surface area (Å²) in [4.78, 5) is 38.2. The lowest BCUT2D eigenvalue weighted by molar-refractivity contribution is -0.133. The first-order chi connectivity index (χ1) is 29.4. The molecule has 0 radical (unpaired) electrons. The van der Waals surface area contributed by atoms with Gasteiger partial charge in [-0.15, -0.1) is 0 Å². The van der Waals surface area contributed by atoms with Gasteiger partial charge in [0.2, 0.25) is 17.8 Å². The maximum absolute atomic E-state index is 13.6. The fourth-order valence-corrected chi connectivity index (χ4v) is 9.19. The van der Waals surface area contributed by atoms with Crippen molar-refractivity contribution in [3.63, 3.8) is 0 Å². The van der Waals surface area contributed by atoms with E-state index < -0.39 is 13.2 Å². The Kier molecular flexibility index (Phi) is 12.2. The van der Waals surface area contributed by atoms with Crippen molar-refractivity contribution in [2.75, 3.05) is 67.5 Å². The van der Waals surface area contributed by atoms with Crippen LogP contribution in [0.5, 0.6) is 5.75 Å². The number of nitrogens with zero attached hydrogens (tertiary/aromatic N) is 6. The van der Waals surface area contributed by atoms with Gasteiger partial charge in [-0.25, -0.2) is 4.98 Å². The van der Waals surface area contributed by atoms with Gasteiger partial charge in [0.1, 0.15) is 24.8 Å². The van der Waals surface area contributed by atoms with Crippen LogP contribution in [0.25, 0.3) is 22.3 Å². The number of imide groups is 1. The summed E-state index contributed by atoms with van der Waals surface area (Å²) in [6, 6.07) is 27.8. The average Bonchev–Trinajstić information content (AvgIpc) is 3.69. The van der Waals surface area contributed by atoms with Crippen LogP contribution in [-0.2, 0) is 27.7 Å². The number of piperidine rings is 1. The highest BCUT2D eigenvalue weighted by molar-refractivity contribution is 9.10. The van der Waals surface area contributed by atoms with Crippen LogP contribution in [0.1, 0.15) is 18.4 Å². The monoisotopic (exact) mass is 902 g/mol. The smallest absolute Gasteiger partial charge is 0.249 e. The molecule has 0 saturated carbocycles. The predicted molar refractivity (Wildman–Crippen MR) is 246 cm³/mol. The highest BCUT2D eigenvalue weighted by Crippen LogP contribution is 2.42. The second kappa shape index (κ2) is 17.9. The van der Waals surface area contributed by atoms with Crippen molar-refractivity contribution in [2.45, 2.75) is 25.4 Å². The van der Waals surface area contributed by atoms with Crippen molar-refractivity contribution in [3.8, 4) is 28.0 Å². The van der Waals surface area contributed by atoms with Crippen molar-refractivity contribution in [2.24, 2.45) is 7.05 Å². The molecule has 314 valence electrons. The maximum Gasteiger partial charge on any atom is 0.249 e. The standard InChI is InChI=1S/C45H48BrN10O4P/c1-54-28-32(25-48-54)34-23-38(51-45-47-26-35(46)43(53-45)50-36-14-13-31(22-41(36)61(3,4)59)30-10-6-5-7-11-30)40(60-2)24-39(34)56-19-17-55(18-20-56)27-29-9-8-12-33(21-29)49-37-15-16-42(57)52-44(37)58/h5-14,21-26,28,37,49H,15-20,27H2,1-4H3,(H,52,57,58)(H2,47,50,51,53). The second-order valence-electron chi connectivity index (χ2n) is 15.7. The van der Waals surface area contributed by atoms with E-state index in [0.29, 0.717) is 46.2 Å². The van der Waals surface area contributed by atoms with Gasteiger partial charge in [-0.2, -0.15) is 10.1 Å². The Morgan fingerprint density at radius 1 is 0.885 bits per heavy atom. The molecule has 4 heterocycles. The van der Waals surface area contributed by atoms with Crippen molar-refractivity contribution in [1.29, 1.82) is 0 Å². The molecule has 2 amide bonds. The number of rotatable bonds is 13. The van der Waals surface area contributed by atoms with Crippen LogP contribution in [0, 0.1) is 0 Å².